The van der Waals surface area contributed by atoms with Gasteiger partial charge in [-0.3, -0.25) is 9.69 Å². The first-order valence-corrected chi connectivity index (χ1v) is 10.1. The van der Waals surface area contributed by atoms with Gasteiger partial charge >= 0.3 is 6.09 Å². The van der Waals surface area contributed by atoms with Crippen LogP contribution < -0.4 is 0 Å². The van der Waals surface area contributed by atoms with Crippen molar-refractivity contribution in [1.29, 1.82) is 0 Å². The molecule has 1 N–H and O–H groups in total. The number of carboxylic acid groups (broad SMARTS) is 1. The Kier molecular flexibility index (Phi) is 5.37. The molecule has 1 aliphatic carbocycles. The minimum atomic E-state index is -1.96. The van der Waals surface area contributed by atoms with Crippen molar-refractivity contribution >= 4 is 20.2 Å². The summed E-state index contributed by atoms with van der Waals surface area (Å²) in [5.74, 6) is 0.233. The van der Waals surface area contributed by atoms with Gasteiger partial charge in [0.2, 0.25) is 0 Å². The molecule has 0 saturated heterocycles. The van der Waals surface area contributed by atoms with Crippen molar-refractivity contribution in [3.05, 3.63) is 0 Å². The molecule has 0 aromatic heterocycles. The third kappa shape index (κ3) is 4.31. The number of ketones is 1. The number of carbonyl (C=O) groups excluding carboxylic acids is 1. The van der Waals surface area contributed by atoms with Gasteiger partial charge in [-0.15, -0.1) is 0 Å². The summed E-state index contributed by atoms with van der Waals surface area (Å²) in [6.45, 7) is 10.7. The molecule has 116 valence electrons. The zero-order valence-electron chi connectivity index (χ0n) is 13.2. The number of rotatable bonds is 4. The maximum Gasteiger partial charge on any atom is 0.409 e. The molecule has 5 nitrogen and oxygen atoms in total. The summed E-state index contributed by atoms with van der Waals surface area (Å²) in [5, 5.41) is 9.42. The summed E-state index contributed by atoms with van der Waals surface area (Å²) in [7, 11) is -1.96. The van der Waals surface area contributed by atoms with Crippen molar-refractivity contribution in [1.82, 2.24) is 4.90 Å². The van der Waals surface area contributed by atoms with E-state index in [2.05, 4.69) is 33.9 Å². The largest absolute Gasteiger partial charge is 0.465 e. The van der Waals surface area contributed by atoms with Gasteiger partial charge in [0.25, 0.3) is 0 Å². The Bertz CT molecular complexity index is 366. The van der Waals surface area contributed by atoms with Crippen LogP contribution in [-0.4, -0.2) is 43.0 Å². The van der Waals surface area contributed by atoms with Crippen molar-refractivity contribution in [2.75, 3.05) is 6.73 Å². The van der Waals surface area contributed by atoms with E-state index in [1.165, 1.54) is 4.90 Å². The zero-order valence-corrected chi connectivity index (χ0v) is 14.2. The van der Waals surface area contributed by atoms with Crippen molar-refractivity contribution < 1.29 is 19.1 Å². The van der Waals surface area contributed by atoms with E-state index in [0.29, 0.717) is 25.7 Å². The second-order valence-electron chi connectivity index (χ2n) is 7.06. The first-order valence-electron chi connectivity index (χ1n) is 7.20. The summed E-state index contributed by atoms with van der Waals surface area (Å²) >= 11 is 0. The van der Waals surface area contributed by atoms with Crippen molar-refractivity contribution in [2.45, 2.75) is 70.6 Å². The zero-order chi connectivity index (χ0) is 15.6. The summed E-state index contributed by atoms with van der Waals surface area (Å²) in [6.07, 6.45) is 1.24. The lowest BCUT2D eigenvalue weighted by atomic mass is 9.93. The predicted molar refractivity (Wildman–Crippen MR) is 80.3 cm³/mol. The topological polar surface area (TPSA) is 66.8 Å². The van der Waals surface area contributed by atoms with Gasteiger partial charge in [0.15, 0.2) is 8.32 Å². The Morgan fingerprint density at radius 2 is 1.85 bits per heavy atom. The monoisotopic (exact) mass is 301 g/mol. The standard InChI is InChI=1S/C14H27NO4Si/c1-14(2,3)20(4,5)19-10-15(13(17)18)11-6-8-12(16)9-7-11/h11H,6-10H2,1-5H3,(H,17,18). The third-order valence-corrected chi connectivity index (χ3v) is 9.03. The van der Waals surface area contributed by atoms with Crippen LogP contribution in [0.1, 0.15) is 46.5 Å². The smallest absolute Gasteiger partial charge is 0.409 e. The Morgan fingerprint density at radius 1 is 1.35 bits per heavy atom. The second kappa shape index (κ2) is 6.26. The molecular weight excluding hydrogens is 274 g/mol. The minimum Gasteiger partial charge on any atom is -0.465 e. The molecule has 1 fully saturated rings. The normalized spacial score (nSPS) is 18.1. The predicted octanol–water partition coefficient (Wildman–Crippen LogP) is 3.46. The van der Waals surface area contributed by atoms with E-state index in [0.717, 1.165) is 0 Å². The molecule has 0 heterocycles. The molecular formula is C14H27NO4Si. The molecule has 1 aliphatic rings. The van der Waals surface area contributed by atoms with Crippen LogP contribution in [0.15, 0.2) is 0 Å². The lowest BCUT2D eigenvalue weighted by Gasteiger charge is -2.39. The molecule has 6 heteroatoms. The average molecular weight is 301 g/mol. The number of hydrogen-bond donors (Lipinski definition) is 1. The summed E-state index contributed by atoms with van der Waals surface area (Å²) < 4.78 is 6.00. The van der Waals surface area contributed by atoms with E-state index < -0.39 is 14.4 Å². The van der Waals surface area contributed by atoms with Crippen LogP contribution in [0.2, 0.25) is 18.1 Å². The number of nitrogens with zero attached hydrogens (tertiary/aromatic N) is 1. The van der Waals surface area contributed by atoms with Crippen molar-refractivity contribution in [3.63, 3.8) is 0 Å². The van der Waals surface area contributed by atoms with Crippen LogP contribution in [0.25, 0.3) is 0 Å². The molecule has 0 atom stereocenters. The fourth-order valence-corrected chi connectivity index (χ4v) is 2.90. The number of amides is 1. The summed E-state index contributed by atoms with van der Waals surface area (Å²) in [5.41, 5.74) is 0. The second-order valence-corrected chi connectivity index (χ2v) is 11.9. The Balaban J connectivity index is 2.65. The molecule has 0 unspecified atom stereocenters. The van der Waals surface area contributed by atoms with Gasteiger partial charge in [0, 0.05) is 18.9 Å². The molecule has 0 aromatic carbocycles. The van der Waals surface area contributed by atoms with Gasteiger partial charge in [-0.1, -0.05) is 20.8 Å². The SMILES string of the molecule is CC(C)(C)[Si](C)(C)OCN(C(=O)O)C1CCC(=O)CC1. The molecule has 0 aromatic rings. The van der Waals surface area contributed by atoms with Gasteiger partial charge in [-0.05, 0) is 31.0 Å². The van der Waals surface area contributed by atoms with Gasteiger partial charge < -0.3 is 9.53 Å². The van der Waals surface area contributed by atoms with Crippen molar-refractivity contribution in [2.24, 2.45) is 0 Å². The Morgan fingerprint density at radius 3 is 2.25 bits per heavy atom. The molecule has 1 saturated carbocycles. The van der Waals surface area contributed by atoms with E-state index in [-0.39, 0.29) is 23.6 Å². The maximum atomic E-state index is 11.4. The van der Waals surface area contributed by atoms with E-state index in [1.54, 1.807) is 0 Å². The van der Waals surface area contributed by atoms with Gasteiger partial charge in [-0.25, -0.2) is 4.79 Å². The Labute approximate surface area is 122 Å². The van der Waals surface area contributed by atoms with E-state index in [1.807, 2.05) is 0 Å². The fraction of sp³-hybridized carbons (Fsp3) is 0.857. The Hall–Kier alpha value is -0.883. The third-order valence-electron chi connectivity index (χ3n) is 4.57. The van der Waals surface area contributed by atoms with E-state index in [9.17, 15) is 14.7 Å². The van der Waals surface area contributed by atoms with Gasteiger partial charge in [0.1, 0.15) is 12.5 Å². The highest BCUT2D eigenvalue weighted by atomic mass is 28.4. The van der Waals surface area contributed by atoms with Gasteiger partial charge in [0.05, 0.1) is 0 Å². The lowest BCUT2D eigenvalue weighted by molar-refractivity contribution is -0.121. The highest BCUT2D eigenvalue weighted by Gasteiger charge is 2.38. The first-order chi connectivity index (χ1) is 9.04. The van der Waals surface area contributed by atoms with Gasteiger partial charge in [-0.2, -0.15) is 0 Å². The van der Waals surface area contributed by atoms with Crippen LogP contribution in [0, 0.1) is 0 Å². The van der Waals surface area contributed by atoms with Crippen LogP contribution in [-0.2, 0) is 9.22 Å². The molecule has 0 spiro atoms. The fourth-order valence-electron chi connectivity index (χ4n) is 2.00. The number of carbonyl (C=O) groups is 2. The molecule has 1 rings (SSSR count). The van der Waals surface area contributed by atoms with E-state index >= 15 is 0 Å². The van der Waals surface area contributed by atoms with Crippen LogP contribution in [0.5, 0.6) is 0 Å². The van der Waals surface area contributed by atoms with Crippen LogP contribution in [0.4, 0.5) is 4.79 Å². The van der Waals surface area contributed by atoms with Crippen LogP contribution >= 0.6 is 0 Å². The lowest BCUT2D eigenvalue weighted by Crippen LogP contribution is -2.48. The molecule has 0 aliphatic heterocycles. The quantitative estimate of drug-likeness (QED) is 0.638. The first kappa shape index (κ1) is 17.2. The highest BCUT2D eigenvalue weighted by Crippen LogP contribution is 2.36. The summed E-state index contributed by atoms with van der Waals surface area (Å²) in [4.78, 5) is 24.1. The number of Topliss-reactive ketones (excluding diaryl/α,β-unsaturated/α-hetero) is 1. The average Bonchev–Trinajstić information content (AvgIpc) is 2.29. The minimum absolute atomic E-state index is 0.0553. The summed E-state index contributed by atoms with van der Waals surface area (Å²) in [6, 6.07) is -0.0880. The number of hydrogen-bond acceptors (Lipinski definition) is 3. The highest BCUT2D eigenvalue weighted by molar-refractivity contribution is 6.74. The molecule has 0 bridgehead atoms. The maximum absolute atomic E-state index is 11.4. The van der Waals surface area contributed by atoms with Crippen molar-refractivity contribution in [3.8, 4) is 0 Å². The van der Waals surface area contributed by atoms with E-state index in [4.69, 9.17) is 4.43 Å². The van der Waals surface area contributed by atoms with Crippen LogP contribution in [0.3, 0.4) is 0 Å². The molecule has 0 radical (unpaired) electrons. The molecule has 1 amide bonds. The molecule has 20 heavy (non-hydrogen) atoms.